The van der Waals surface area contributed by atoms with E-state index < -0.39 is 5.82 Å². The van der Waals surface area contributed by atoms with Crippen molar-refractivity contribution in [3.05, 3.63) is 35.1 Å². The van der Waals surface area contributed by atoms with Crippen molar-refractivity contribution in [3.63, 3.8) is 0 Å². The summed E-state index contributed by atoms with van der Waals surface area (Å²) in [6.45, 7) is 3.91. The third-order valence-electron chi connectivity index (χ3n) is 2.79. The zero-order chi connectivity index (χ0) is 11.0. The van der Waals surface area contributed by atoms with Crippen LogP contribution in [0.4, 0.5) is 4.39 Å². The normalized spacial score (nSPS) is 23.7. The number of carbonyl (C=O) groups is 1. The lowest BCUT2D eigenvalue weighted by Crippen LogP contribution is -2.27. The minimum atomic E-state index is -0.452. The molecule has 0 radical (unpaired) electrons. The van der Waals surface area contributed by atoms with Gasteiger partial charge in [-0.2, -0.15) is 0 Å². The number of aryl methyl sites for hydroxylation is 1. The minimum absolute atomic E-state index is 0.147. The molecule has 2 unspecified atom stereocenters. The van der Waals surface area contributed by atoms with Crippen molar-refractivity contribution in [1.82, 2.24) is 5.32 Å². The Kier molecular flexibility index (Phi) is 2.47. The van der Waals surface area contributed by atoms with Crippen LogP contribution in [-0.2, 0) is 0 Å². The van der Waals surface area contributed by atoms with E-state index in [9.17, 15) is 9.18 Å². The van der Waals surface area contributed by atoms with Crippen molar-refractivity contribution in [2.75, 3.05) is 0 Å². The predicted octanol–water partition coefficient (Wildman–Crippen LogP) is 2.27. The zero-order valence-electron chi connectivity index (χ0n) is 8.88. The van der Waals surface area contributed by atoms with Crippen LogP contribution in [0.2, 0.25) is 0 Å². The average Bonchev–Trinajstić information content (AvgIpc) is 2.86. The van der Waals surface area contributed by atoms with Gasteiger partial charge in [-0.15, -0.1) is 0 Å². The summed E-state index contributed by atoms with van der Waals surface area (Å²) in [6.07, 6.45) is 0.999. The number of carbonyl (C=O) groups excluding carboxylic acids is 1. The van der Waals surface area contributed by atoms with Crippen LogP contribution in [0, 0.1) is 18.7 Å². The fourth-order valence-electron chi connectivity index (χ4n) is 1.58. The average molecular weight is 207 g/mol. The van der Waals surface area contributed by atoms with Gasteiger partial charge in [0, 0.05) is 6.04 Å². The van der Waals surface area contributed by atoms with Gasteiger partial charge in [-0.05, 0) is 31.4 Å². The molecule has 2 rings (SSSR count). The van der Waals surface area contributed by atoms with Crippen LogP contribution in [-0.4, -0.2) is 11.9 Å². The second-order valence-corrected chi connectivity index (χ2v) is 4.28. The molecule has 1 N–H and O–H groups in total. The van der Waals surface area contributed by atoms with Gasteiger partial charge in [0.05, 0.1) is 5.56 Å². The summed E-state index contributed by atoms with van der Waals surface area (Å²) in [7, 11) is 0. The van der Waals surface area contributed by atoms with Gasteiger partial charge in [0.1, 0.15) is 5.82 Å². The van der Waals surface area contributed by atoms with E-state index in [1.807, 2.05) is 6.92 Å². The molecule has 1 aliphatic carbocycles. The number of nitrogens with one attached hydrogen (secondary N) is 1. The van der Waals surface area contributed by atoms with Crippen LogP contribution in [0.25, 0.3) is 0 Å². The Balaban J connectivity index is 2.14. The van der Waals surface area contributed by atoms with Crippen LogP contribution in [0.3, 0.4) is 0 Å². The van der Waals surface area contributed by atoms with E-state index in [1.165, 1.54) is 6.07 Å². The Morgan fingerprint density at radius 2 is 2.20 bits per heavy atom. The smallest absolute Gasteiger partial charge is 0.254 e. The van der Waals surface area contributed by atoms with Crippen molar-refractivity contribution in [2.24, 2.45) is 5.92 Å². The summed E-state index contributed by atoms with van der Waals surface area (Å²) < 4.78 is 13.3. The third kappa shape index (κ3) is 2.17. The zero-order valence-corrected chi connectivity index (χ0v) is 8.88. The Bertz CT molecular complexity index is 403. The van der Waals surface area contributed by atoms with Gasteiger partial charge in [0.2, 0.25) is 0 Å². The molecule has 3 heteroatoms. The summed E-state index contributed by atoms with van der Waals surface area (Å²) in [5.41, 5.74) is 1.04. The minimum Gasteiger partial charge on any atom is -0.349 e. The van der Waals surface area contributed by atoms with Crippen molar-refractivity contribution < 1.29 is 9.18 Å². The highest BCUT2D eigenvalue weighted by Crippen LogP contribution is 2.29. The largest absolute Gasteiger partial charge is 0.349 e. The maximum absolute atomic E-state index is 13.3. The third-order valence-corrected chi connectivity index (χ3v) is 2.79. The van der Waals surface area contributed by atoms with Crippen LogP contribution in [0.1, 0.15) is 29.3 Å². The van der Waals surface area contributed by atoms with Gasteiger partial charge >= 0.3 is 0 Å². The first-order valence-electron chi connectivity index (χ1n) is 5.15. The summed E-state index contributed by atoms with van der Waals surface area (Å²) in [4.78, 5) is 11.7. The summed E-state index contributed by atoms with van der Waals surface area (Å²) >= 11 is 0. The highest BCUT2D eigenvalue weighted by atomic mass is 19.1. The van der Waals surface area contributed by atoms with Gasteiger partial charge in [-0.1, -0.05) is 18.6 Å². The van der Waals surface area contributed by atoms with Crippen LogP contribution in [0.15, 0.2) is 18.2 Å². The molecule has 1 aromatic carbocycles. The molecular weight excluding hydrogens is 193 g/mol. The van der Waals surface area contributed by atoms with E-state index in [0.29, 0.717) is 5.92 Å². The van der Waals surface area contributed by atoms with Gasteiger partial charge in [0.25, 0.3) is 5.91 Å². The molecule has 0 spiro atoms. The lowest BCUT2D eigenvalue weighted by atomic mass is 10.1. The van der Waals surface area contributed by atoms with E-state index >= 15 is 0 Å². The van der Waals surface area contributed by atoms with Gasteiger partial charge in [-0.25, -0.2) is 4.39 Å². The maximum Gasteiger partial charge on any atom is 0.254 e. The Morgan fingerprint density at radius 3 is 2.80 bits per heavy atom. The number of amides is 1. The summed E-state index contributed by atoms with van der Waals surface area (Å²) in [6, 6.07) is 4.81. The second-order valence-electron chi connectivity index (χ2n) is 4.28. The van der Waals surface area contributed by atoms with Crippen LogP contribution in [0.5, 0.6) is 0 Å². The number of rotatable bonds is 2. The lowest BCUT2D eigenvalue weighted by molar-refractivity contribution is 0.0945. The highest BCUT2D eigenvalue weighted by Gasteiger charge is 2.34. The standard InChI is InChI=1S/C12H14FNO/c1-7-3-4-10(13)9(5-7)12(15)14-11-6-8(11)2/h3-5,8,11H,6H2,1-2H3,(H,14,15). The molecule has 80 valence electrons. The fraction of sp³-hybridized carbons (Fsp3) is 0.417. The molecule has 0 heterocycles. The van der Waals surface area contributed by atoms with Crippen molar-refractivity contribution in [1.29, 1.82) is 0 Å². The number of halogens is 1. The molecule has 1 fully saturated rings. The van der Waals surface area contributed by atoms with Gasteiger partial charge in [0.15, 0.2) is 0 Å². The van der Waals surface area contributed by atoms with Crippen LogP contribution < -0.4 is 5.32 Å². The van der Waals surface area contributed by atoms with E-state index in [4.69, 9.17) is 0 Å². The second kappa shape index (κ2) is 3.65. The van der Waals surface area contributed by atoms with E-state index in [-0.39, 0.29) is 17.5 Å². The Labute approximate surface area is 88.5 Å². The SMILES string of the molecule is Cc1ccc(F)c(C(=O)NC2CC2C)c1. The van der Waals surface area contributed by atoms with Gasteiger partial charge in [-0.3, -0.25) is 4.79 Å². The first kappa shape index (κ1) is 10.1. The van der Waals surface area contributed by atoms with Crippen molar-refractivity contribution in [3.8, 4) is 0 Å². The molecule has 1 aliphatic rings. The molecular formula is C12H14FNO. The maximum atomic E-state index is 13.3. The first-order valence-corrected chi connectivity index (χ1v) is 5.15. The molecule has 1 aromatic rings. The molecule has 1 amide bonds. The van der Waals surface area contributed by atoms with E-state index in [1.54, 1.807) is 12.1 Å². The molecule has 2 atom stereocenters. The molecule has 0 saturated heterocycles. The van der Waals surface area contributed by atoms with E-state index in [0.717, 1.165) is 12.0 Å². The molecule has 15 heavy (non-hydrogen) atoms. The molecule has 1 saturated carbocycles. The van der Waals surface area contributed by atoms with E-state index in [2.05, 4.69) is 12.2 Å². The van der Waals surface area contributed by atoms with Gasteiger partial charge < -0.3 is 5.32 Å². The molecule has 0 bridgehead atoms. The molecule has 0 aromatic heterocycles. The fourth-order valence-corrected chi connectivity index (χ4v) is 1.58. The quantitative estimate of drug-likeness (QED) is 0.792. The lowest BCUT2D eigenvalue weighted by Gasteiger charge is -2.05. The van der Waals surface area contributed by atoms with Crippen molar-refractivity contribution >= 4 is 5.91 Å². The highest BCUT2D eigenvalue weighted by molar-refractivity contribution is 5.95. The van der Waals surface area contributed by atoms with Crippen LogP contribution >= 0.6 is 0 Å². The topological polar surface area (TPSA) is 29.1 Å². The molecule has 2 nitrogen and oxygen atoms in total. The Morgan fingerprint density at radius 1 is 1.53 bits per heavy atom. The summed E-state index contributed by atoms with van der Waals surface area (Å²) in [5.74, 6) is -0.223. The summed E-state index contributed by atoms with van der Waals surface area (Å²) in [5, 5.41) is 2.81. The predicted molar refractivity (Wildman–Crippen MR) is 56.2 cm³/mol. The monoisotopic (exact) mass is 207 g/mol. The molecule has 0 aliphatic heterocycles. The first-order chi connectivity index (χ1) is 7.08. The number of benzene rings is 1. The number of hydrogen-bond donors (Lipinski definition) is 1. The Hall–Kier alpha value is -1.38. The number of hydrogen-bond acceptors (Lipinski definition) is 1. The van der Waals surface area contributed by atoms with Crippen molar-refractivity contribution in [2.45, 2.75) is 26.3 Å².